The van der Waals surface area contributed by atoms with E-state index in [1.807, 2.05) is 0 Å². The Morgan fingerprint density at radius 2 is 1.74 bits per heavy atom. The number of halogens is 4. The molecule has 4 nitrogen and oxygen atoms in total. The molecule has 2 aromatic carbocycles. The molecule has 0 aromatic heterocycles. The molecule has 0 radical (unpaired) electrons. The number of benzene rings is 2. The van der Waals surface area contributed by atoms with Crippen molar-refractivity contribution in [3.05, 3.63) is 71.0 Å². The van der Waals surface area contributed by atoms with Gasteiger partial charge >= 0.3 is 12.1 Å². The van der Waals surface area contributed by atoms with Gasteiger partial charge in [-0.25, -0.2) is 9.18 Å². The molecule has 2 aromatic rings. The second-order valence-electron chi connectivity index (χ2n) is 5.33. The highest BCUT2D eigenvalue weighted by molar-refractivity contribution is 6.01. The van der Waals surface area contributed by atoms with Crippen molar-refractivity contribution in [2.75, 3.05) is 13.7 Å². The summed E-state index contributed by atoms with van der Waals surface area (Å²) < 4.78 is 60.4. The summed E-state index contributed by atoms with van der Waals surface area (Å²) in [5.74, 6) is -2.05. The summed E-state index contributed by atoms with van der Waals surface area (Å²) >= 11 is 0. The lowest BCUT2D eigenvalue weighted by Gasteiger charge is -2.07. The largest absolute Gasteiger partial charge is 0.496 e. The van der Waals surface area contributed by atoms with Crippen molar-refractivity contribution in [2.24, 2.45) is 0 Å². The number of alkyl halides is 3. The molecule has 0 aliphatic rings. The van der Waals surface area contributed by atoms with E-state index >= 15 is 0 Å². The Morgan fingerprint density at radius 3 is 2.33 bits per heavy atom. The van der Waals surface area contributed by atoms with E-state index in [0.29, 0.717) is 5.56 Å². The Bertz CT molecular complexity index is 855. The summed E-state index contributed by atoms with van der Waals surface area (Å²) in [5.41, 5.74) is -0.535. The molecule has 0 saturated heterocycles. The highest BCUT2D eigenvalue weighted by Gasteiger charge is 2.29. The van der Waals surface area contributed by atoms with Crippen molar-refractivity contribution in [1.29, 1.82) is 0 Å². The molecule has 0 saturated carbocycles. The minimum Gasteiger partial charge on any atom is -0.496 e. The van der Waals surface area contributed by atoms with Gasteiger partial charge in [-0.2, -0.15) is 13.2 Å². The average Bonchev–Trinajstić information content (AvgIpc) is 2.64. The molecular weight excluding hydrogens is 368 g/mol. The number of ketones is 1. The van der Waals surface area contributed by atoms with Gasteiger partial charge in [0.15, 0.2) is 6.61 Å². The van der Waals surface area contributed by atoms with Crippen LogP contribution in [0.25, 0.3) is 6.08 Å². The van der Waals surface area contributed by atoms with Gasteiger partial charge in [-0.05, 0) is 42.0 Å². The Balaban J connectivity index is 1.95. The fraction of sp³-hybridized carbons (Fsp3) is 0.158. The van der Waals surface area contributed by atoms with E-state index < -0.39 is 35.9 Å². The average molecular weight is 382 g/mol. The zero-order valence-corrected chi connectivity index (χ0v) is 14.0. The third-order valence-electron chi connectivity index (χ3n) is 3.46. The molecule has 27 heavy (non-hydrogen) atoms. The summed E-state index contributed by atoms with van der Waals surface area (Å²) in [5, 5.41) is 0. The van der Waals surface area contributed by atoms with Crippen LogP contribution in [0.5, 0.6) is 5.75 Å². The molecule has 0 atom stereocenters. The summed E-state index contributed by atoms with van der Waals surface area (Å²) in [6.45, 7) is -0.643. The van der Waals surface area contributed by atoms with Crippen LogP contribution >= 0.6 is 0 Å². The first-order valence-electron chi connectivity index (χ1n) is 7.59. The molecule has 0 amide bonds. The van der Waals surface area contributed by atoms with E-state index in [1.165, 1.54) is 31.4 Å². The van der Waals surface area contributed by atoms with Crippen LogP contribution in [0.2, 0.25) is 0 Å². The number of carbonyl (C=O) groups is 2. The quantitative estimate of drug-likeness (QED) is 0.324. The molecule has 0 aliphatic carbocycles. The Hall–Kier alpha value is -3.16. The molecule has 0 N–H and O–H groups in total. The minimum absolute atomic E-state index is 0.0722. The van der Waals surface area contributed by atoms with Gasteiger partial charge in [0.25, 0.3) is 0 Å². The maximum Gasteiger partial charge on any atom is 0.416 e. The van der Waals surface area contributed by atoms with Crippen LogP contribution in [0, 0.1) is 5.82 Å². The van der Waals surface area contributed by atoms with E-state index in [1.54, 1.807) is 0 Å². The molecule has 8 heteroatoms. The minimum atomic E-state index is -4.44. The molecule has 0 heterocycles. The van der Waals surface area contributed by atoms with Crippen molar-refractivity contribution in [1.82, 2.24) is 0 Å². The monoisotopic (exact) mass is 382 g/mol. The van der Waals surface area contributed by atoms with Gasteiger partial charge in [0.2, 0.25) is 5.78 Å². The van der Waals surface area contributed by atoms with Crippen LogP contribution in [0.4, 0.5) is 17.6 Å². The number of rotatable bonds is 6. The van der Waals surface area contributed by atoms with E-state index in [2.05, 4.69) is 0 Å². The number of carbonyl (C=O) groups excluding carboxylic acids is 2. The number of esters is 1. The predicted octanol–water partition coefficient (Wildman–Crippen LogP) is 4.29. The number of hydrogen-bond donors (Lipinski definition) is 0. The Morgan fingerprint density at radius 1 is 1.07 bits per heavy atom. The fourth-order valence-electron chi connectivity index (χ4n) is 2.11. The smallest absolute Gasteiger partial charge is 0.416 e. The molecule has 0 fully saturated rings. The molecule has 2 rings (SSSR count). The number of ether oxygens (including phenoxy) is 2. The van der Waals surface area contributed by atoms with Gasteiger partial charge in [0.1, 0.15) is 11.6 Å². The highest BCUT2D eigenvalue weighted by Crippen LogP contribution is 2.29. The Kier molecular flexibility index (Phi) is 6.33. The van der Waals surface area contributed by atoms with Gasteiger partial charge < -0.3 is 9.47 Å². The molecule has 0 unspecified atom stereocenters. The van der Waals surface area contributed by atoms with Crippen LogP contribution < -0.4 is 4.74 Å². The van der Waals surface area contributed by atoms with Crippen LogP contribution in [0.15, 0.2) is 48.5 Å². The first-order chi connectivity index (χ1) is 12.7. The summed E-state index contributed by atoms with van der Waals surface area (Å²) in [6, 6.07) is 7.50. The Labute approximate surface area is 152 Å². The second-order valence-corrected chi connectivity index (χ2v) is 5.33. The highest BCUT2D eigenvalue weighted by atomic mass is 19.4. The number of methoxy groups -OCH3 is 1. The number of Topliss-reactive ketones (excluding diaryl/α,β-unsaturated/α-hetero) is 1. The summed E-state index contributed by atoms with van der Waals surface area (Å²) in [6.07, 6.45) is -2.23. The van der Waals surface area contributed by atoms with Crippen molar-refractivity contribution >= 4 is 17.8 Å². The van der Waals surface area contributed by atoms with Gasteiger partial charge in [-0.3, -0.25) is 4.79 Å². The predicted molar refractivity (Wildman–Crippen MR) is 88.7 cm³/mol. The molecule has 0 bridgehead atoms. The first kappa shape index (κ1) is 20.2. The third-order valence-corrected chi connectivity index (χ3v) is 3.46. The van der Waals surface area contributed by atoms with E-state index in [0.717, 1.165) is 30.3 Å². The first-order valence-corrected chi connectivity index (χ1v) is 7.59. The van der Waals surface area contributed by atoms with Gasteiger partial charge in [0, 0.05) is 6.08 Å². The molecular formula is C19H14F4O4. The van der Waals surface area contributed by atoms with Crippen molar-refractivity contribution in [3.63, 3.8) is 0 Å². The van der Waals surface area contributed by atoms with E-state index in [-0.39, 0.29) is 11.3 Å². The lowest BCUT2D eigenvalue weighted by molar-refractivity contribution is -0.138. The zero-order valence-electron chi connectivity index (χ0n) is 14.0. The van der Waals surface area contributed by atoms with Crippen LogP contribution in [-0.4, -0.2) is 25.5 Å². The summed E-state index contributed by atoms with van der Waals surface area (Å²) in [7, 11) is 1.31. The van der Waals surface area contributed by atoms with Gasteiger partial charge in [-0.1, -0.05) is 12.1 Å². The van der Waals surface area contributed by atoms with Crippen molar-refractivity contribution < 1.29 is 36.6 Å². The third kappa shape index (κ3) is 5.67. The zero-order chi connectivity index (χ0) is 20.0. The van der Waals surface area contributed by atoms with E-state index in [4.69, 9.17) is 9.47 Å². The van der Waals surface area contributed by atoms with E-state index in [9.17, 15) is 27.2 Å². The molecule has 142 valence electrons. The lowest BCUT2D eigenvalue weighted by Crippen LogP contribution is -2.13. The molecule has 0 aliphatic heterocycles. The van der Waals surface area contributed by atoms with Crippen molar-refractivity contribution in [3.8, 4) is 5.75 Å². The SMILES string of the molecule is COc1ccc(F)cc1C(=O)COC(=O)/C=C/c1ccc(C(F)(F)F)cc1. The van der Waals surface area contributed by atoms with Crippen LogP contribution in [0.3, 0.4) is 0 Å². The second kappa shape index (κ2) is 8.48. The van der Waals surface area contributed by atoms with Crippen LogP contribution in [0.1, 0.15) is 21.5 Å². The van der Waals surface area contributed by atoms with Gasteiger partial charge in [0.05, 0.1) is 18.2 Å². The fourth-order valence-corrected chi connectivity index (χ4v) is 2.11. The van der Waals surface area contributed by atoms with Gasteiger partial charge in [-0.15, -0.1) is 0 Å². The lowest BCUT2D eigenvalue weighted by atomic mass is 10.1. The maximum absolute atomic E-state index is 13.3. The normalized spacial score (nSPS) is 11.4. The standard InChI is InChI=1S/C19H14F4O4/c1-26-17-8-7-14(20)10-15(17)16(24)11-27-18(25)9-4-12-2-5-13(6-3-12)19(21,22)23/h2-10H,11H2,1H3/b9-4+. The van der Waals surface area contributed by atoms with Crippen LogP contribution in [-0.2, 0) is 15.7 Å². The number of hydrogen-bond acceptors (Lipinski definition) is 4. The summed E-state index contributed by atoms with van der Waals surface area (Å²) in [4.78, 5) is 23.7. The topological polar surface area (TPSA) is 52.6 Å². The maximum atomic E-state index is 13.3. The van der Waals surface area contributed by atoms with Crippen molar-refractivity contribution in [2.45, 2.75) is 6.18 Å². The molecule has 0 spiro atoms.